The molecule has 29 heavy (non-hydrogen) atoms. The molecule has 0 saturated carbocycles. The number of aliphatic carboxylic acids is 1. The Balaban J connectivity index is 2.20. The molecule has 10 heteroatoms. The van der Waals surface area contributed by atoms with Crippen LogP contribution in [0, 0.1) is 18.8 Å². The van der Waals surface area contributed by atoms with Crippen LogP contribution in [0.4, 0.5) is 0 Å². The molecule has 2 aromatic rings. The van der Waals surface area contributed by atoms with Crippen LogP contribution in [0.1, 0.15) is 17.5 Å². The standard InChI is InChI=1S/C19H19NO7S2/c1-14-6-12-17(13-7-14)28(23,24)29(25,26)20-18(19(21)22)5-3-4-15-8-10-16(27-2)11-9-15/h6-13,18,20H,5H2,1-2H3,(H,21,22). The molecular weight excluding hydrogens is 418 g/mol. The van der Waals surface area contributed by atoms with E-state index in [-0.39, 0.29) is 0 Å². The van der Waals surface area contributed by atoms with Crippen molar-refractivity contribution in [1.29, 1.82) is 0 Å². The molecule has 0 fully saturated rings. The Morgan fingerprint density at radius 3 is 2.17 bits per heavy atom. The lowest BCUT2D eigenvalue weighted by Gasteiger charge is -2.13. The van der Waals surface area contributed by atoms with Crippen molar-refractivity contribution in [3.05, 3.63) is 59.7 Å². The lowest BCUT2D eigenvalue weighted by molar-refractivity contribution is -0.138. The molecule has 0 heterocycles. The van der Waals surface area contributed by atoms with Gasteiger partial charge in [0.2, 0.25) is 0 Å². The van der Waals surface area contributed by atoms with Crippen molar-refractivity contribution in [1.82, 2.24) is 4.72 Å². The van der Waals surface area contributed by atoms with Crippen LogP contribution in [-0.2, 0) is 22.7 Å². The Labute approximate surface area is 168 Å². The van der Waals surface area contributed by atoms with Crippen LogP contribution >= 0.6 is 0 Å². The molecule has 0 aliphatic carbocycles. The van der Waals surface area contributed by atoms with Crippen molar-refractivity contribution in [3.8, 4) is 17.6 Å². The molecule has 0 aliphatic heterocycles. The van der Waals surface area contributed by atoms with E-state index in [9.17, 15) is 26.7 Å². The number of aryl methyl sites for hydroxylation is 1. The summed E-state index contributed by atoms with van der Waals surface area (Å²) in [5.74, 6) is 4.31. The normalized spacial score (nSPS) is 12.5. The molecule has 0 spiro atoms. The molecule has 1 unspecified atom stereocenters. The number of nitrogens with one attached hydrogen (secondary N) is 1. The molecule has 0 aliphatic rings. The van der Waals surface area contributed by atoms with E-state index in [0.29, 0.717) is 11.3 Å². The van der Waals surface area contributed by atoms with Gasteiger partial charge in [-0.25, -0.2) is 8.42 Å². The van der Waals surface area contributed by atoms with Gasteiger partial charge in [-0.1, -0.05) is 29.5 Å². The van der Waals surface area contributed by atoms with Gasteiger partial charge in [-0.05, 0) is 43.3 Å². The minimum absolute atomic E-state index is 0.427. The fraction of sp³-hybridized carbons (Fsp3) is 0.211. The number of hydrogen-bond acceptors (Lipinski definition) is 6. The first-order chi connectivity index (χ1) is 13.6. The van der Waals surface area contributed by atoms with Crippen LogP contribution < -0.4 is 9.46 Å². The van der Waals surface area contributed by atoms with E-state index in [1.54, 1.807) is 35.9 Å². The van der Waals surface area contributed by atoms with Crippen LogP contribution in [0.2, 0.25) is 0 Å². The molecule has 8 nitrogen and oxygen atoms in total. The molecule has 1 atom stereocenters. The number of benzene rings is 2. The topological polar surface area (TPSA) is 127 Å². The fourth-order valence-electron chi connectivity index (χ4n) is 2.18. The fourth-order valence-corrected chi connectivity index (χ4v) is 5.38. The van der Waals surface area contributed by atoms with Gasteiger partial charge in [0.05, 0.1) is 12.0 Å². The lowest BCUT2D eigenvalue weighted by atomic mass is 10.2. The molecule has 2 rings (SSSR count). The van der Waals surface area contributed by atoms with Gasteiger partial charge in [-0.3, -0.25) is 4.79 Å². The zero-order chi connectivity index (χ0) is 21.7. The first kappa shape index (κ1) is 22.4. The summed E-state index contributed by atoms with van der Waals surface area (Å²) in [6.45, 7) is 1.71. The van der Waals surface area contributed by atoms with Crippen LogP contribution in [0.15, 0.2) is 53.4 Å². The van der Waals surface area contributed by atoms with Crippen LogP contribution in [0.3, 0.4) is 0 Å². The van der Waals surface area contributed by atoms with E-state index in [0.717, 1.165) is 17.7 Å². The Morgan fingerprint density at radius 2 is 1.66 bits per heavy atom. The summed E-state index contributed by atoms with van der Waals surface area (Å²) in [7, 11) is -8.34. The summed E-state index contributed by atoms with van der Waals surface area (Å²) >= 11 is 0. The number of carboxylic acids is 1. The van der Waals surface area contributed by atoms with E-state index in [1.165, 1.54) is 19.2 Å². The van der Waals surface area contributed by atoms with Crippen molar-refractivity contribution in [3.63, 3.8) is 0 Å². The first-order valence-electron chi connectivity index (χ1n) is 8.26. The quantitative estimate of drug-likeness (QED) is 0.496. The van der Waals surface area contributed by atoms with E-state index in [4.69, 9.17) is 4.74 Å². The van der Waals surface area contributed by atoms with Crippen molar-refractivity contribution in [2.75, 3.05) is 7.11 Å². The third kappa shape index (κ3) is 5.57. The Hall–Kier alpha value is -2.87. The highest BCUT2D eigenvalue weighted by Gasteiger charge is 2.35. The van der Waals surface area contributed by atoms with Crippen LogP contribution in [0.25, 0.3) is 0 Å². The SMILES string of the molecule is COc1ccc(C#CCC(NS(=O)(=O)S(=O)(=O)c2ccc(C)cc2)C(=O)O)cc1. The summed E-state index contributed by atoms with van der Waals surface area (Å²) in [4.78, 5) is 11.0. The molecule has 2 N–H and O–H groups in total. The Kier molecular flexibility index (Phi) is 7.02. The maximum atomic E-state index is 12.4. The van der Waals surface area contributed by atoms with Crippen LogP contribution in [-0.4, -0.2) is 41.1 Å². The average molecular weight is 437 g/mol. The maximum absolute atomic E-state index is 12.4. The van der Waals surface area contributed by atoms with Gasteiger partial charge < -0.3 is 9.84 Å². The minimum Gasteiger partial charge on any atom is -0.497 e. The van der Waals surface area contributed by atoms with Crippen molar-refractivity contribution >= 4 is 23.9 Å². The predicted molar refractivity (Wildman–Crippen MR) is 106 cm³/mol. The maximum Gasteiger partial charge on any atom is 0.322 e. The first-order valence-corrected chi connectivity index (χ1v) is 11.7. The molecule has 0 saturated heterocycles. The molecule has 0 bridgehead atoms. The molecule has 0 aromatic heterocycles. The van der Waals surface area contributed by atoms with E-state index < -0.39 is 41.3 Å². The summed E-state index contributed by atoms with van der Waals surface area (Å²) in [6, 6.07) is 10.1. The van der Waals surface area contributed by atoms with Crippen molar-refractivity contribution in [2.24, 2.45) is 0 Å². The second-order valence-electron chi connectivity index (χ2n) is 5.96. The molecule has 154 valence electrons. The van der Waals surface area contributed by atoms with Gasteiger partial charge in [-0.15, -0.1) is 0 Å². The summed E-state index contributed by atoms with van der Waals surface area (Å²) in [5.41, 5.74) is 1.30. The van der Waals surface area contributed by atoms with Gasteiger partial charge in [0.25, 0.3) is 8.87 Å². The number of carboxylic acid groups (broad SMARTS) is 1. The highest BCUT2D eigenvalue weighted by molar-refractivity contribution is 8.66. The number of hydrogen-bond donors (Lipinski definition) is 2. The summed E-state index contributed by atoms with van der Waals surface area (Å²) < 4.78 is 56.2. The number of methoxy groups -OCH3 is 1. The minimum atomic E-state index is -5.02. The van der Waals surface area contributed by atoms with Crippen molar-refractivity contribution in [2.45, 2.75) is 24.3 Å². The van der Waals surface area contributed by atoms with E-state index in [1.807, 2.05) is 0 Å². The smallest absolute Gasteiger partial charge is 0.322 e. The zero-order valence-electron chi connectivity index (χ0n) is 15.6. The largest absolute Gasteiger partial charge is 0.497 e. The second kappa shape index (κ2) is 9.09. The third-order valence-corrected chi connectivity index (χ3v) is 8.41. The summed E-state index contributed by atoms with van der Waals surface area (Å²) in [6.07, 6.45) is -0.427. The van der Waals surface area contributed by atoms with Gasteiger partial charge in [0, 0.05) is 12.0 Å². The third-order valence-electron chi connectivity index (χ3n) is 3.81. The van der Waals surface area contributed by atoms with E-state index >= 15 is 0 Å². The van der Waals surface area contributed by atoms with Gasteiger partial charge in [0.1, 0.15) is 11.8 Å². The monoisotopic (exact) mass is 437 g/mol. The average Bonchev–Trinajstić information content (AvgIpc) is 2.67. The molecular formula is C19H19NO7S2. The highest BCUT2D eigenvalue weighted by atomic mass is 33.2. The Morgan fingerprint density at radius 1 is 1.07 bits per heavy atom. The second-order valence-corrected chi connectivity index (χ2v) is 11.1. The van der Waals surface area contributed by atoms with Crippen LogP contribution in [0.5, 0.6) is 5.75 Å². The zero-order valence-corrected chi connectivity index (χ0v) is 17.2. The van der Waals surface area contributed by atoms with Crippen molar-refractivity contribution < 1.29 is 31.5 Å². The summed E-state index contributed by atoms with van der Waals surface area (Å²) in [5, 5.41) is 9.27. The molecule has 0 radical (unpaired) electrons. The molecule has 0 amide bonds. The number of rotatable bonds is 7. The number of ether oxygens (including phenoxy) is 1. The highest BCUT2D eigenvalue weighted by Crippen LogP contribution is 2.17. The van der Waals surface area contributed by atoms with Gasteiger partial charge in [-0.2, -0.15) is 13.1 Å². The van der Waals surface area contributed by atoms with Gasteiger partial charge in [0.15, 0.2) is 0 Å². The molecule has 2 aromatic carbocycles. The Bertz CT molecular complexity index is 1140. The van der Waals surface area contributed by atoms with Gasteiger partial charge >= 0.3 is 15.0 Å². The number of carbonyl (C=O) groups is 1. The predicted octanol–water partition coefficient (Wildman–Crippen LogP) is 1.51. The van der Waals surface area contributed by atoms with E-state index in [2.05, 4.69) is 11.8 Å². The lowest BCUT2D eigenvalue weighted by Crippen LogP contribution is -2.43.